The lowest BCUT2D eigenvalue weighted by Crippen LogP contribution is -2.24. The molecular formula is C14H14N2O2S. The quantitative estimate of drug-likeness (QED) is 0.506. The fraction of sp³-hybridized carbons (Fsp3) is 0.143. The van der Waals surface area contributed by atoms with Crippen molar-refractivity contribution < 1.29 is 8.42 Å². The van der Waals surface area contributed by atoms with Gasteiger partial charge in [0.15, 0.2) is 0 Å². The van der Waals surface area contributed by atoms with E-state index in [2.05, 4.69) is 10.6 Å². The van der Waals surface area contributed by atoms with Crippen LogP contribution in [0.5, 0.6) is 0 Å². The van der Waals surface area contributed by atoms with Crippen LogP contribution in [-0.4, -0.2) is 15.0 Å². The summed E-state index contributed by atoms with van der Waals surface area (Å²) in [7, 11) is -3.58. The largest absolute Gasteiger partial charge is 0.398 e. The number of benzene rings is 2. The van der Waals surface area contributed by atoms with Crippen molar-refractivity contribution in [2.45, 2.75) is 11.3 Å². The number of fused-ring (bicyclic) bond motifs is 1. The lowest BCUT2D eigenvalue weighted by Gasteiger charge is -2.10. The Balaban J connectivity index is 2.52. The fourth-order valence-corrected chi connectivity index (χ4v) is 3.11. The number of nitrogens with two attached hydrogens (primary N) is 1. The van der Waals surface area contributed by atoms with Crippen LogP contribution >= 0.6 is 0 Å². The smallest absolute Gasteiger partial charge is 0.241 e. The van der Waals surface area contributed by atoms with E-state index >= 15 is 0 Å². The summed E-state index contributed by atoms with van der Waals surface area (Å²) >= 11 is 0. The predicted molar refractivity (Wildman–Crippen MR) is 77.0 cm³/mol. The molecule has 0 saturated heterocycles. The van der Waals surface area contributed by atoms with Crippen molar-refractivity contribution in [3.8, 4) is 12.3 Å². The van der Waals surface area contributed by atoms with Crippen LogP contribution in [-0.2, 0) is 10.0 Å². The van der Waals surface area contributed by atoms with Crippen LogP contribution in [0, 0.1) is 12.3 Å². The molecule has 0 radical (unpaired) electrons. The van der Waals surface area contributed by atoms with Crippen molar-refractivity contribution in [1.82, 2.24) is 4.72 Å². The topological polar surface area (TPSA) is 72.2 Å². The summed E-state index contributed by atoms with van der Waals surface area (Å²) in [6.07, 6.45) is 5.46. The van der Waals surface area contributed by atoms with E-state index in [9.17, 15) is 8.42 Å². The summed E-state index contributed by atoms with van der Waals surface area (Å²) in [6, 6.07) is 10.2. The first kappa shape index (κ1) is 13.4. The molecule has 0 aliphatic heterocycles. The molecule has 0 atom stereocenters. The molecule has 5 heteroatoms. The number of nitrogen functional groups attached to an aromatic ring is 1. The molecule has 0 spiro atoms. The maximum atomic E-state index is 12.2. The maximum Gasteiger partial charge on any atom is 0.241 e. The predicted octanol–water partition coefficient (Wildman–Crippen LogP) is 1.72. The van der Waals surface area contributed by atoms with E-state index in [-0.39, 0.29) is 11.4 Å². The lowest BCUT2D eigenvalue weighted by atomic mass is 10.1. The summed E-state index contributed by atoms with van der Waals surface area (Å²) in [5, 5.41) is 1.33. The highest BCUT2D eigenvalue weighted by Crippen LogP contribution is 2.27. The first-order valence-electron chi connectivity index (χ1n) is 5.76. The molecule has 2 rings (SSSR count). The second kappa shape index (κ2) is 5.31. The highest BCUT2D eigenvalue weighted by atomic mass is 32.2. The molecule has 0 aliphatic rings. The van der Waals surface area contributed by atoms with Gasteiger partial charge < -0.3 is 5.73 Å². The summed E-state index contributed by atoms with van der Waals surface area (Å²) in [4.78, 5) is 0.217. The fourth-order valence-electron chi connectivity index (χ4n) is 1.86. The van der Waals surface area contributed by atoms with Gasteiger partial charge >= 0.3 is 0 Å². The minimum Gasteiger partial charge on any atom is -0.398 e. The maximum absolute atomic E-state index is 12.2. The van der Waals surface area contributed by atoms with Crippen LogP contribution in [0.25, 0.3) is 10.8 Å². The summed E-state index contributed by atoms with van der Waals surface area (Å²) in [6.45, 7) is 0.220. The molecule has 0 aromatic heterocycles. The third kappa shape index (κ3) is 2.70. The van der Waals surface area contributed by atoms with Gasteiger partial charge in [-0.3, -0.25) is 0 Å². The summed E-state index contributed by atoms with van der Waals surface area (Å²) in [5.41, 5.74) is 6.40. The van der Waals surface area contributed by atoms with Gasteiger partial charge in [0.1, 0.15) is 0 Å². The average Bonchev–Trinajstić information content (AvgIpc) is 2.39. The number of terminal acetylenes is 1. The van der Waals surface area contributed by atoms with Crippen molar-refractivity contribution in [3.05, 3.63) is 36.4 Å². The van der Waals surface area contributed by atoms with Crippen LogP contribution in [0.4, 0.5) is 5.69 Å². The molecule has 0 amide bonds. The number of sulfonamides is 1. The molecule has 98 valence electrons. The van der Waals surface area contributed by atoms with Crippen LogP contribution in [0.1, 0.15) is 6.42 Å². The lowest BCUT2D eigenvalue weighted by molar-refractivity contribution is 0.583. The summed E-state index contributed by atoms with van der Waals surface area (Å²) < 4.78 is 26.9. The van der Waals surface area contributed by atoms with E-state index in [0.717, 1.165) is 5.39 Å². The number of nitrogens with one attached hydrogen (secondary N) is 1. The molecule has 0 fully saturated rings. The normalized spacial score (nSPS) is 11.3. The molecule has 0 aliphatic carbocycles. The first-order chi connectivity index (χ1) is 9.06. The Labute approximate surface area is 112 Å². The molecular weight excluding hydrogens is 260 g/mol. The van der Waals surface area contributed by atoms with Gasteiger partial charge in [-0.1, -0.05) is 24.3 Å². The Morgan fingerprint density at radius 1 is 1.16 bits per heavy atom. The minimum atomic E-state index is -3.58. The highest BCUT2D eigenvalue weighted by molar-refractivity contribution is 7.89. The van der Waals surface area contributed by atoms with Crippen LogP contribution in [0.15, 0.2) is 41.3 Å². The van der Waals surface area contributed by atoms with Gasteiger partial charge in [0.2, 0.25) is 10.0 Å². The molecule has 0 bridgehead atoms. The molecule has 19 heavy (non-hydrogen) atoms. The Morgan fingerprint density at radius 2 is 1.84 bits per heavy atom. The molecule has 4 nitrogen and oxygen atoms in total. The second-order valence-corrected chi connectivity index (χ2v) is 5.79. The van der Waals surface area contributed by atoms with Crippen LogP contribution in [0.2, 0.25) is 0 Å². The van der Waals surface area contributed by atoms with E-state index in [1.165, 1.54) is 6.07 Å². The minimum absolute atomic E-state index is 0.217. The van der Waals surface area contributed by atoms with Gasteiger partial charge in [0.25, 0.3) is 0 Å². The SMILES string of the molecule is C#CCCNS(=O)(=O)c1ccc(N)c2ccccc12. The van der Waals surface area contributed by atoms with E-state index < -0.39 is 10.0 Å². The van der Waals surface area contributed by atoms with E-state index in [4.69, 9.17) is 12.2 Å². The van der Waals surface area contributed by atoms with Crippen molar-refractivity contribution in [1.29, 1.82) is 0 Å². The monoisotopic (exact) mass is 274 g/mol. The number of hydrogen-bond acceptors (Lipinski definition) is 3. The van der Waals surface area contributed by atoms with Crippen molar-refractivity contribution >= 4 is 26.5 Å². The zero-order valence-corrected chi connectivity index (χ0v) is 11.1. The second-order valence-electron chi connectivity index (χ2n) is 4.05. The molecule has 3 N–H and O–H groups in total. The van der Waals surface area contributed by atoms with Crippen LogP contribution in [0.3, 0.4) is 0 Å². The van der Waals surface area contributed by atoms with Crippen molar-refractivity contribution in [2.24, 2.45) is 0 Å². The zero-order chi connectivity index (χ0) is 13.9. The van der Waals surface area contributed by atoms with Gasteiger partial charge in [-0.05, 0) is 12.1 Å². The Kier molecular flexibility index (Phi) is 3.74. The Bertz CT molecular complexity index is 746. The third-order valence-corrected chi connectivity index (χ3v) is 4.29. The van der Waals surface area contributed by atoms with E-state index in [1.54, 1.807) is 24.3 Å². The number of hydrogen-bond donors (Lipinski definition) is 2. The van der Waals surface area contributed by atoms with Gasteiger partial charge in [-0.15, -0.1) is 12.3 Å². The summed E-state index contributed by atoms with van der Waals surface area (Å²) in [5.74, 6) is 2.39. The van der Waals surface area contributed by atoms with Crippen molar-refractivity contribution in [3.63, 3.8) is 0 Å². The molecule has 0 heterocycles. The highest BCUT2D eigenvalue weighted by Gasteiger charge is 2.17. The van der Waals surface area contributed by atoms with Crippen LogP contribution < -0.4 is 10.5 Å². The van der Waals surface area contributed by atoms with Crippen molar-refractivity contribution in [2.75, 3.05) is 12.3 Å². The molecule has 0 unspecified atom stereocenters. The first-order valence-corrected chi connectivity index (χ1v) is 7.25. The van der Waals surface area contributed by atoms with Gasteiger partial charge in [0, 0.05) is 29.4 Å². The zero-order valence-electron chi connectivity index (χ0n) is 10.3. The van der Waals surface area contributed by atoms with Gasteiger partial charge in [0.05, 0.1) is 4.90 Å². The Morgan fingerprint density at radius 3 is 2.53 bits per heavy atom. The number of anilines is 1. The standard InChI is InChI=1S/C14H14N2O2S/c1-2-3-10-16-19(17,18)14-9-8-13(15)11-6-4-5-7-12(11)14/h1,4-9,16H,3,10,15H2. The molecule has 2 aromatic carbocycles. The van der Waals surface area contributed by atoms with Gasteiger partial charge in [-0.2, -0.15) is 0 Å². The average molecular weight is 274 g/mol. The third-order valence-electron chi connectivity index (χ3n) is 2.77. The van der Waals surface area contributed by atoms with E-state index in [0.29, 0.717) is 17.5 Å². The molecule has 2 aromatic rings. The van der Waals surface area contributed by atoms with E-state index in [1.807, 2.05) is 6.07 Å². The Hall–Kier alpha value is -2.03. The molecule has 0 saturated carbocycles. The van der Waals surface area contributed by atoms with Gasteiger partial charge in [-0.25, -0.2) is 13.1 Å². The number of rotatable bonds is 4.